The van der Waals surface area contributed by atoms with Gasteiger partial charge in [0.05, 0.1) is 6.04 Å². The van der Waals surface area contributed by atoms with E-state index in [1.54, 1.807) is 13.2 Å². The molecule has 2 bridgehead atoms. The number of likely N-dealkylation sites (tertiary alicyclic amines) is 1. The first-order valence-corrected chi connectivity index (χ1v) is 10.4. The van der Waals surface area contributed by atoms with Crippen molar-refractivity contribution in [3.63, 3.8) is 0 Å². The van der Waals surface area contributed by atoms with Crippen LogP contribution in [0.25, 0.3) is 0 Å². The van der Waals surface area contributed by atoms with Crippen molar-refractivity contribution in [2.24, 2.45) is 5.92 Å². The first-order chi connectivity index (χ1) is 13.4. The molecule has 2 saturated heterocycles. The fourth-order valence-corrected chi connectivity index (χ4v) is 5.44. The predicted molar refractivity (Wildman–Crippen MR) is 122 cm³/mol. The number of carbonyl (C=O) groups is 1. The van der Waals surface area contributed by atoms with Crippen LogP contribution < -0.4 is 10.9 Å². The number of piperidine rings is 2. The quantitative estimate of drug-likeness (QED) is 0.737. The second-order valence-corrected chi connectivity index (χ2v) is 8.84. The zero-order chi connectivity index (χ0) is 19.9. The molecule has 0 radical (unpaired) electrons. The molecule has 7 nitrogen and oxygen atoms in total. The number of carbonyl (C=O) groups excluding carboxylic acids is 1. The second-order valence-electron chi connectivity index (χ2n) is 8.84. The first kappa shape index (κ1) is 25.1. The maximum absolute atomic E-state index is 13.5. The average molecular weight is 461 g/mol. The molecule has 4 rings (SSSR count). The Morgan fingerprint density at radius 1 is 1.23 bits per heavy atom. The first-order valence-electron chi connectivity index (χ1n) is 10.4. The van der Waals surface area contributed by atoms with Crippen LogP contribution in [0.15, 0.2) is 23.0 Å². The molecule has 1 amide bonds. The highest BCUT2D eigenvalue weighted by Gasteiger charge is 2.47. The lowest BCUT2D eigenvalue weighted by molar-refractivity contribution is -0.161. The highest BCUT2D eigenvalue weighted by atomic mass is 35.5. The van der Waals surface area contributed by atoms with Crippen LogP contribution in [0.1, 0.15) is 36.9 Å². The zero-order valence-corrected chi connectivity index (χ0v) is 19.6. The van der Waals surface area contributed by atoms with E-state index in [1.165, 1.54) is 0 Å². The second kappa shape index (κ2) is 10.0. The Kier molecular flexibility index (Phi) is 8.38. The third-order valence-electron chi connectivity index (χ3n) is 6.83. The third kappa shape index (κ3) is 4.41. The lowest BCUT2D eigenvalue weighted by Gasteiger charge is -2.49. The minimum Gasteiger partial charge on any atom is -0.368 e. The van der Waals surface area contributed by atoms with Crippen molar-refractivity contribution in [3.05, 3.63) is 34.2 Å². The fraction of sp³-hybridized carbons (Fsp3) is 0.714. The van der Waals surface area contributed by atoms with Gasteiger partial charge in [0.2, 0.25) is 0 Å². The summed E-state index contributed by atoms with van der Waals surface area (Å²) in [7, 11) is 5.75. The van der Waals surface area contributed by atoms with Crippen molar-refractivity contribution >= 4 is 30.7 Å². The van der Waals surface area contributed by atoms with Crippen LogP contribution in [0.2, 0.25) is 0 Å². The van der Waals surface area contributed by atoms with E-state index in [-0.39, 0.29) is 54.2 Å². The van der Waals surface area contributed by atoms with E-state index in [9.17, 15) is 9.59 Å². The molecule has 0 aromatic carbocycles. The number of likely N-dealkylation sites (N-methyl/N-ethyl adjacent to an activating group) is 1. The van der Waals surface area contributed by atoms with E-state index in [1.807, 2.05) is 29.6 Å². The summed E-state index contributed by atoms with van der Waals surface area (Å²) in [4.78, 5) is 30.4. The number of nitrogens with one attached hydrogen (secondary N) is 1. The molecular formula is C21H34Cl2N4O3. The average Bonchev–Trinajstić information content (AvgIpc) is 2.71. The number of amides is 1. The van der Waals surface area contributed by atoms with Crippen LogP contribution in [0.5, 0.6) is 0 Å². The van der Waals surface area contributed by atoms with Gasteiger partial charge in [0.25, 0.3) is 11.5 Å². The molecule has 1 N–H and O–H groups in total. The van der Waals surface area contributed by atoms with Gasteiger partial charge in [0, 0.05) is 44.4 Å². The Morgan fingerprint density at radius 3 is 2.57 bits per heavy atom. The summed E-state index contributed by atoms with van der Waals surface area (Å²) >= 11 is 0. The molecule has 9 heteroatoms. The van der Waals surface area contributed by atoms with Gasteiger partial charge in [-0.2, -0.15) is 0 Å². The molecule has 0 spiro atoms. The monoisotopic (exact) mass is 460 g/mol. The van der Waals surface area contributed by atoms with E-state index in [0.717, 1.165) is 31.7 Å². The van der Waals surface area contributed by atoms with Gasteiger partial charge < -0.3 is 24.4 Å². The third-order valence-corrected chi connectivity index (χ3v) is 6.83. The van der Waals surface area contributed by atoms with Crippen LogP contribution in [0, 0.1) is 5.92 Å². The molecule has 2 fully saturated rings. The van der Waals surface area contributed by atoms with Crippen LogP contribution in [0.3, 0.4) is 0 Å². The highest BCUT2D eigenvalue weighted by Crippen LogP contribution is 2.42. The minimum absolute atomic E-state index is 0. The van der Waals surface area contributed by atoms with Gasteiger partial charge in [-0.15, -0.1) is 24.8 Å². The van der Waals surface area contributed by atoms with Crippen molar-refractivity contribution in [2.45, 2.75) is 36.8 Å². The van der Waals surface area contributed by atoms with Crippen LogP contribution in [0.4, 0.5) is 0 Å². The topological polar surface area (TPSA) is 66.8 Å². The van der Waals surface area contributed by atoms with Crippen LogP contribution in [-0.4, -0.2) is 79.8 Å². The van der Waals surface area contributed by atoms with E-state index in [4.69, 9.17) is 4.74 Å². The Morgan fingerprint density at radius 2 is 1.93 bits per heavy atom. The smallest absolute Gasteiger partial charge is 0.254 e. The number of pyridine rings is 1. The van der Waals surface area contributed by atoms with E-state index < -0.39 is 5.60 Å². The molecule has 1 aromatic rings. The molecular weight excluding hydrogens is 427 g/mol. The number of hydrogen-bond donors (Lipinski definition) is 1. The number of halogens is 2. The summed E-state index contributed by atoms with van der Waals surface area (Å²) in [6.07, 6.45) is 2.46. The standard InChI is InChI=1S/C21H32N4O3.2ClH/c1-23(2)14-18-16-11-15(17-5-4-6-19(26)25(17)18)12-24(13-16)20(27)21(28-3)7-9-22-10-8-21;;/h4-6,15-16,18,22H,7-14H2,1-3H3;2*1H/t15-,16+,18+;;/m1../s1. The molecule has 0 saturated carbocycles. The summed E-state index contributed by atoms with van der Waals surface area (Å²) in [6, 6.07) is 5.67. The Bertz CT molecular complexity index is 795. The summed E-state index contributed by atoms with van der Waals surface area (Å²) in [6.45, 7) is 3.79. The maximum atomic E-state index is 13.5. The van der Waals surface area contributed by atoms with Gasteiger partial charge in [0.15, 0.2) is 0 Å². The van der Waals surface area contributed by atoms with Gasteiger partial charge in [0.1, 0.15) is 5.60 Å². The molecule has 3 aliphatic rings. The highest BCUT2D eigenvalue weighted by molar-refractivity contribution is 5.86. The van der Waals surface area contributed by atoms with Gasteiger partial charge in [-0.1, -0.05) is 6.07 Å². The van der Waals surface area contributed by atoms with Gasteiger partial charge >= 0.3 is 0 Å². The van der Waals surface area contributed by atoms with Crippen LogP contribution in [-0.2, 0) is 9.53 Å². The van der Waals surface area contributed by atoms with E-state index in [2.05, 4.69) is 16.3 Å². The van der Waals surface area contributed by atoms with E-state index >= 15 is 0 Å². The number of nitrogens with zero attached hydrogens (tertiary/aromatic N) is 3. The summed E-state index contributed by atoms with van der Waals surface area (Å²) in [5.74, 6) is 0.625. The molecule has 0 unspecified atom stereocenters. The summed E-state index contributed by atoms with van der Waals surface area (Å²) in [5, 5.41) is 3.33. The Labute approximate surface area is 190 Å². The molecule has 170 valence electrons. The fourth-order valence-electron chi connectivity index (χ4n) is 5.44. The zero-order valence-electron chi connectivity index (χ0n) is 18.0. The number of aromatic nitrogens is 1. The lowest BCUT2D eigenvalue weighted by atomic mass is 9.77. The van der Waals surface area contributed by atoms with Crippen molar-refractivity contribution in [1.82, 2.24) is 19.7 Å². The lowest BCUT2D eigenvalue weighted by Crippen LogP contribution is -2.60. The van der Waals surface area contributed by atoms with Gasteiger partial charge in [-0.3, -0.25) is 9.59 Å². The van der Waals surface area contributed by atoms with Gasteiger partial charge in [-0.25, -0.2) is 0 Å². The van der Waals surface area contributed by atoms with Crippen molar-refractivity contribution in [1.29, 1.82) is 0 Å². The van der Waals surface area contributed by atoms with Gasteiger partial charge in [-0.05, 0) is 58.4 Å². The van der Waals surface area contributed by atoms with Crippen molar-refractivity contribution in [3.8, 4) is 0 Å². The molecule has 30 heavy (non-hydrogen) atoms. The molecule has 0 aliphatic carbocycles. The molecule has 4 heterocycles. The van der Waals surface area contributed by atoms with Crippen LogP contribution >= 0.6 is 24.8 Å². The number of ether oxygens (including phenoxy) is 1. The SMILES string of the molecule is COC1(C(=O)N2C[C@H]3C[C@@H](C2)[C@H](CN(C)C)n2c3cccc2=O)CCNCC1.Cl.Cl. The maximum Gasteiger partial charge on any atom is 0.254 e. The Hall–Kier alpha value is -1.12. The summed E-state index contributed by atoms with van der Waals surface area (Å²) < 4.78 is 7.80. The number of hydrogen-bond acceptors (Lipinski definition) is 5. The molecule has 3 atom stereocenters. The Balaban J connectivity index is 0.00000160. The normalized spacial score (nSPS) is 26.9. The number of methoxy groups -OCH3 is 1. The molecule has 1 aromatic heterocycles. The minimum atomic E-state index is -0.704. The number of fused-ring (bicyclic) bond motifs is 4. The van der Waals surface area contributed by atoms with Crippen molar-refractivity contribution < 1.29 is 9.53 Å². The number of rotatable bonds is 4. The van der Waals surface area contributed by atoms with E-state index in [0.29, 0.717) is 25.9 Å². The summed E-state index contributed by atoms with van der Waals surface area (Å²) in [5.41, 5.74) is 0.444. The molecule has 3 aliphatic heterocycles. The largest absolute Gasteiger partial charge is 0.368 e. The predicted octanol–water partition coefficient (Wildman–Crippen LogP) is 1.51. The van der Waals surface area contributed by atoms with Crippen molar-refractivity contribution in [2.75, 3.05) is 53.9 Å².